The Morgan fingerprint density at radius 2 is 1.95 bits per heavy atom. The van der Waals surface area contributed by atoms with Crippen molar-refractivity contribution in [2.75, 3.05) is 0 Å². The Labute approximate surface area is 123 Å². The lowest BCUT2D eigenvalue weighted by atomic mass is 9.82. The fraction of sp³-hybridized carbons (Fsp3) is 0.571. The molecule has 0 atom stereocenters. The zero-order chi connectivity index (χ0) is 15.3. The van der Waals surface area contributed by atoms with Crippen LogP contribution in [0.1, 0.15) is 43.5 Å². The van der Waals surface area contributed by atoms with Gasteiger partial charge < -0.3 is 15.7 Å². The average molecular weight is 292 g/mol. The van der Waals surface area contributed by atoms with Crippen LogP contribution in [0.2, 0.25) is 0 Å². The summed E-state index contributed by atoms with van der Waals surface area (Å²) in [6.45, 7) is 2.05. The second-order valence-corrected chi connectivity index (χ2v) is 5.40. The van der Waals surface area contributed by atoms with Crippen LogP contribution < -0.4 is 10.6 Å². The van der Waals surface area contributed by atoms with Crippen molar-refractivity contribution in [3.05, 3.63) is 23.8 Å². The van der Waals surface area contributed by atoms with Crippen molar-refractivity contribution in [3.8, 4) is 0 Å². The van der Waals surface area contributed by atoms with Gasteiger partial charge in [-0.15, -0.1) is 0 Å². The molecule has 21 heavy (non-hydrogen) atoms. The van der Waals surface area contributed by atoms with E-state index in [1.807, 2.05) is 6.92 Å². The fourth-order valence-electron chi connectivity index (χ4n) is 2.49. The van der Waals surface area contributed by atoms with Crippen LogP contribution in [0.5, 0.6) is 0 Å². The number of aliphatic carboxylic acids is 1. The van der Waals surface area contributed by atoms with E-state index in [2.05, 4.69) is 20.6 Å². The number of carbonyl (C=O) groups excluding carboxylic acids is 1. The van der Waals surface area contributed by atoms with E-state index in [1.165, 1.54) is 0 Å². The highest BCUT2D eigenvalue weighted by molar-refractivity contribution is 5.86. The summed E-state index contributed by atoms with van der Waals surface area (Å²) in [4.78, 5) is 31.6. The van der Waals surface area contributed by atoms with Crippen molar-refractivity contribution in [3.63, 3.8) is 0 Å². The van der Waals surface area contributed by atoms with E-state index in [1.54, 1.807) is 12.4 Å². The van der Waals surface area contributed by atoms with Crippen LogP contribution in [-0.4, -0.2) is 32.6 Å². The molecule has 0 radical (unpaired) electrons. The summed E-state index contributed by atoms with van der Waals surface area (Å²) in [6, 6.07) is -0.485. The molecule has 3 N–H and O–H groups in total. The zero-order valence-electron chi connectivity index (χ0n) is 12.1. The first-order chi connectivity index (χ1) is 10.0. The summed E-state index contributed by atoms with van der Waals surface area (Å²) in [7, 11) is 0. The second-order valence-electron chi connectivity index (χ2n) is 5.40. The van der Waals surface area contributed by atoms with Crippen molar-refractivity contribution in [2.24, 2.45) is 0 Å². The summed E-state index contributed by atoms with van der Waals surface area (Å²) >= 11 is 0. The van der Waals surface area contributed by atoms with Gasteiger partial charge in [-0.2, -0.15) is 0 Å². The van der Waals surface area contributed by atoms with Gasteiger partial charge in [0.2, 0.25) is 0 Å². The Kier molecular flexibility index (Phi) is 4.72. The first-order valence-electron chi connectivity index (χ1n) is 7.09. The Balaban J connectivity index is 1.90. The van der Waals surface area contributed by atoms with Gasteiger partial charge in [-0.1, -0.05) is 19.3 Å². The minimum absolute atomic E-state index is 0.217. The molecule has 0 bridgehead atoms. The van der Waals surface area contributed by atoms with Gasteiger partial charge in [0.25, 0.3) is 0 Å². The SMILES string of the molecule is Cc1cnc(CNC(=O)NC2(C(=O)O)CCCCC2)cn1. The molecule has 1 aromatic rings. The summed E-state index contributed by atoms with van der Waals surface area (Å²) < 4.78 is 0. The third-order valence-corrected chi connectivity index (χ3v) is 3.73. The highest BCUT2D eigenvalue weighted by atomic mass is 16.4. The van der Waals surface area contributed by atoms with E-state index in [-0.39, 0.29) is 6.54 Å². The van der Waals surface area contributed by atoms with Crippen LogP contribution in [0.25, 0.3) is 0 Å². The number of nitrogens with one attached hydrogen (secondary N) is 2. The van der Waals surface area contributed by atoms with Gasteiger partial charge in [0.05, 0.1) is 24.1 Å². The largest absolute Gasteiger partial charge is 0.480 e. The molecule has 0 unspecified atom stereocenters. The first-order valence-corrected chi connectivity index (χ1v) is 7.09. The average Bonchev–Trinajstić information content (AvgIpc) is 2.47. The van der Waals surface area contributed by atoms with Crippen molar-refractivity contribution in [2.45, 2.75) is 51.1 Å². The van der Waals surface area contributed by atoms with Crippen LogP contribution >= 0.6 is 0 Å². The predicted molar refractivity (Wildman–Crippen MR) is 75.6 cm³/mol. The number of nitrogens with zero attached hydrogens (tertiary/aromatic N) is 2. The molecule has 7 heteroatoms. The second kappa shape index (κ2) is 6.51. The van der Waals surface area contributed by atoms with E-state index in [9.17, 15) is 14.7 Å². The van der Waals surface area contributed by atoms with Crippen molar-refractivity contribution in [1.29, 1.82) is 0 Å². The minimum atomic E-state index is -1.14. The van der Waals surface area contributed by atoms with Gasteiger partial charge in [0, 0.05) is 6.20 Å². The monoisotopic (exact) mass is 292 g/mol. The maximum atomic E-state index is 11.9. The first kappa shape index (κ1) is 15.2. The lowest BCUT2D eigenvalue weighted by Crippen LogP contribution is -2.57. The zero-order valence-corrected chi connectivity index (χ0v) is 12.1. The van der Waals surface area contributed by atoms with Crippen LogP contribution in [0.4, 0.5) is 4.79 Å². The van der Waals surface area contributed by atoms with E-state index in [0.29, 0.717) is 18.5 Å². The quantitative estimate of drug-likeness (QED) is 0.777. The molecule has 1 aliphatic carbocycles. The number of urea groups is 1. The fourth-order valence-corrected chi connectivity index (χ4v) is 2.49. The standard InChI is InChI=1S/C14H20N4O3/c1-10-7-16-11(8-15-10)9-17-13(21)18-14(12(19)20)5-3-2-4-6-14/h7-8H,2-6,9H2,1H3,(H,19,20)(H2,17,18,21). The molecule has 2 rings (SSSR count). The van der Waals surface area contributed by atoms with E-state index in [4.69, 9.17) is 0 Å². The molecular weight excluding hydrogens is 272 g/mol. The number of aryl methyl sites for hydroxylation is 1. The number of hydrogen-bond donors (Lipinski definition) is 3. The molecule has 2 amide bonds. The van der Waals surface area contributed by atoms with Crippen molar-refractivity contribution < 1.29 is 14.7 Å². The molecule has 1 saturated carbocycles. The number of carbonyl (C=O) groups is 2. The molecule has 0 aliphatic heterocycles. The molecule has 0 aromatic carbocycles. The van der Waals surface area contributed by atoms with E-state index >= 15 is 0 Å². The van der Waals surface area contributed by atoms with Crippen molar-refractivity contribution in [1.82, 2.24) is 20.6 Å². The van der Waals surface area contributed by atoms with Crippen molar-refractivity contribution >= 4 is 12.0 Å². The Morgan fingerprint density at radius 1 is 1.24 bits per heavy atom. The minimum Gasteiger partial charge on any atom is -0.480 e. The Bertz CT molecular complexity index is 509. The molecule has 7 nitrogen and oxygen atoms in total. The molecule has 1 aromatic heterocycles. The summed E-state index contributed by atoms with van der Waals surface area (Å²) in [5.41, 5.74) is 0.292. The number of carboxylic acid groups (broad SMARTS) is 1. The Hall–Kier alpha value is -2.18. The molecule has 0 spiro atoms. The van der Waals surface area contributed by atoms with Gasteiger partial charge in [-0.25, -0.2) is 9.59 Å². The van der Waals surface area contributed by atoms with Crippen LogP contribution in [-0.2, 0) is 11.3 Å². The van der Waals surface area contributed by atoms with Crippen LogP contribution in [0, 0.1) is 6.92 Å². The van der Waals surface area contributed by atoms with E-state index < -0.39 is 17.5 Å². The predicted octanol–water partition coefficient (Wildman–Crippen LogP) is 1.37. The smallest absolute Gasteiger partial charge is 0.329 e. The summed E-state index contributed by atoms with van der Waals surface area (Å²) in [5.74, 6) is -0.965. The number of carboxylic acids is 1. The maximum Gasteiger partial charge on any atom is 0.329 e. The lowest BCUT2D eigenvalue weighted by molar-refractivity contribution is -0.145. The lowest BCUT2D eigenvalue weighted by Gasteiger charge is -2.33. The van der Waals surface area contributed by atoms with Gasteiger partial charge in [0.1, 0.15) is 5.54 Å². The maximum absolute atomic E-state index is 11.9. The third-order valence-electron chi connectivity index (χ3n) is 3.73. The van der Waals surface area contributed by atoms with Gasteiger partial charge in [0.15, 0.2) is 0 Å². The van der Waals surface area contributed by atoms with Gasteiger partial charge in [-0.3, -0.25) is 9.97 Å². The molecule has 114 valence electrons. The topological polar surface area (TPSA) is 104 Å². The van der Waals surface area contributed by atoms with Gasteiger partial charge >= 0.3 is 12.0 Å². The molecule has 1 aliphatic rings. The number of aromatic nitrogens is 2. The number of amides is 2. The van der Waals surface area contributed by atoms with Crippen LogP contribution in [0.3, 0.4) is 0 Å². The van der Waals surface area contributed by atoms with E-state index in [0.717, 1.165) is 25.0 Å². The summed E-state index contributed by atoms with van der Waals surface area (Å²) in [6.07, 6.45) is 6.79. The van der Waals surface area contributed by atoms with Gasteiger partial charge in [-0.05, 0) is 19.8 Å². The number of hydrogen-bond acceptors (Lipinski definition) is 4. The van der Waals surface area contributed by atoms with Crippen LogP contribution in [0.15, 0.2) is 12.4 Å². The molecular formula is C14H20N4O3. The highest BCUT2D eigenvalue weighted by Gasteiger charge is 2.40. The molecule has 1 fully saturated rings. The number of rotatable bonds is 4. The molecule has 1 heterocycles. The highest BCUT2D eigenvalue weighted by Crippen LogP contribution is 2.28. The normalized spacial score (nSPS) is 17.0. The Morgan fingerprint density at radius 3 is 2.52 bits per heavy atom. The third kappa shape index (κ3) is 3.90. The molecule has 0 saturated heterocycles. The summed E-state index contributed by atoms with van der Waals surface area (Å²) in [5, 5.41) is 14.6.